The Morgan fingerprint density at radius 2 is 2.44 bits per heavy atom. The molecule has 1 fully saturated rings. The Labute approximate surface area is 109 Å². The summed E-state index contributed by atoms with van der Waals surface area (Å²) in [4.78, 5) is 28.7. The van der Waals surface area contributed by atoms with Crippen molar-refractivity contribution in [2.75, 3.05) is 6.54 Å². The van der Waals surface area contributed by atoms with Crippen molar-refractivity contribution in [1.82, 2.24) is 9.88 Å². The fraction of sp³-hybridized carbons (Fsp3) is 0.583. The van der Waals surface area contributed by atoms with Crippen LogP contribution in [0.5, 0.6) is 0 Å². The van der Waals surface area contributed by atoms with E-state index in [1.54, 1.807) is 0 Å². The molecule has 5 nitrogen and oxygen atoms in total. The van der Waals surface area contributed by atoms with Gasteiger partial charge in [0.1, 0.15) is 4.88 Å². The zero-order valence-corrected chi connectivity index (χ0v) is 11.1. The summed E-state index contributed by atoms with van der Waals surface area (Å²) >= 11 is 1.19. The van der Waals surface area contributed by atoms with Crippen molar-refractivity contribution in [3.63, 3.8) is 0 Å². The monoisotopic (exact) mass is 268 g/mol. The lowest BCUT2D eigenvalue weighted by Gasteiger charge is -2.23. The van der Waals surface area contributed by atoms with Gasteiger partial charge in [-0.05, 0) is 12.8 Å². The van der Waals surface area contributed by atoms with Crippen LogP contribution in [0.15, 0.2) is 6.20 Å². The Balaban J connectivity index is 1.94. The molecule has 0 bridgehead atoms. The second kappa shape index (κ2) is 5.48. The van der Waals surface area contributed by atoms with Crippen LogP contribution in [0, 0.1) is 0 Å². The van der Waals surface area contributed by atoms with Crippen LogP contribution < -0.4 is 0 Å². The number of rotatable bonds is 5. The summed E-state index contributed by atoms with van der Waals surface area (Å²) in [6.07, 6.45) is 4.57. The first-order chi connectivity index (χ1) is 8.61. The van der Waals surface area contributed by atoms with E-state index in [2.05, 4.69) is 11.9 Å². The summed E-state index contributed by atoms with van der Waals surface area (Å²) < 4.78 is 0. The number of nitrogens with zero attached hydrogens (tertiary/aromatic N) is 2. The van der Waals surface area contributed by atoms with Gasteiger partial charge in [0.05, 0.1) is 11.2 Å². The summed E-state index contributed by atoms with van der Waals surface area (Å²) in [5, 5.41) is 9.59. The molecule has 0 radical (unpaired) electrons. The second-order valence-corrected chi connectivity index (χ2v) is 5.48. The molecule has 0 aliphatic carbocycles. The minimum atomic E-state index is -0.942. The summed E-state index contributed by atoms with van der Waals surface area (Å²) in [6, 6.07) is 0.344. The van der Waals surface area contributed by atoms with Crippen LogP contribution >= 0.6 is 11.3 Å². The van der Waals surface area contributed by atoms with Crippen molar-refractivity contribution in [3.8, 4) is 0 Å². The van der Waals surface area contributed by atoms with E-state index in [1.807, 2.05) is 4.90 Å². The molecule has 98 valence electrons. The molecular formula is C12H16N2O3S. The standard InChI is InChI=1S/C12H16N2O3S/c1-2-8-3-4-11(15)14(8)6-5-10-13-7-9(18-10)12(16)17/h7-8H,2-6H2,1H3,(H,16,17). The van der Waals surface area contributed by atoms with Gasteiger partial charge in [-0.25, -0.2) is 9.78 Å². The number of likely N-dealkylation sites (tertiary alicyclic amines) is 1. The van der Waals surface area contributed by atoms with Crippen molar-refractivity contribution < 1.29 is 14.7 Å². The SMILES string of the molecule is CCC1CCC(=O)N1CCc1ncc(C(=O)O)s1. The van der Waals surface area contributed by atoms with Crippen molar-refractivity contribution in [2.24, 2.45) is 0 Å². The molecule has 1 aliphatic heterocycles. The van der Waals surface area contributed by atoms with Gasteiger partial charge in [0.25, 0.3) is 0 Å². The van der Waals surface area contributed by atoms with Crippen molar-refractivity contribution in [3.05, 3.63) is 16.1 Å². The molecular weight excluding hydrogens is 252 g/mol. The van der Waals surface area contributed by atoms with E-state index in [1.165, 1.54) is 17.5 Å². The van der Waals surface area contributed by atoms with E-state index in [0.717, 1.165) is 17.8 Å². The van der Waals surface area contributed by atoms with E-state index in [-0.39, 0.29) is 10.8 Å². The second-order valence-electron chi connectivity index (χ2n) is 4.36. The lowest BCUT2D eigenvalue weighted by atomic mass is 10.2. The van der Waals surface area contributed by atoms with Crippen LogP contribution in [0.3, 0.4) is 0 Å². The molecule has 1 saturated heterocycles. The van der Waals surface area contributed by atoms with E-state index in [9.17, 15) is 9.59 Å². The van der Waals surface area contributed by atoms with Crippen molar-refractivity contribution in [1.29, 1.82) is 0 Å². The normalized spacial score (nSPS) is 19.5. The number of aromatic nitrogens is 1. The maximum atomic E-state index is 11.7. The number of carbonyl (C=O) groups excluding carboxylic acids is 1. The minimum Gasteiger partial charge on any atom is -0.477 e. The van der Waals surface area contributed by atoms with Crippen LogP contribution in [-0.2, 0) is 11.2 Å². The zero-order chi connectivity index (χ0) is 13.1. The van der Waals surface area contributed by atoms with E-state index >= 15 is 0 Å². The third kappa shape index (κ3) is 2.69. The molecule has 18 heavy (non-hydrogen) atoms. The third-order valence-electron chi connectivity index (χ3n) is 3.25. The molecule has 1 aromatic heterocycles. The van der Waals surface area contributed by atoms with Gasteiger partial charge < -0.3 is 10.0 Å². The molecule has 1 unspecified atom stereocenters. The first-order valence-corrected chi connectivity index (χ1v) is 6.91. The predicted molar refractivity (Wildman–Crippen MR) is 67.8 cm³/mol. The Hall–Kier alpha value is -1.43. The number of carboxylic acids is 1. The third-order valence-corrected chi connectivity index (χ3v) is 4.30. The number of thiazole rings is 1. The molecule has 2 rings (SSSR count). The average molecular weight is 268 g/mol. The molecule has 6 heteroatoms. The Bertz CT molecular complexity index is 458. The van der Waals surface area contributed by atoms with Gasteiger partial charge in [-0.2, -0.15) is 0 Å². The number of carbonyl (C=O) groups is 2. The fourth-order valence-electron chi connectivity index (χ4n) is 2.27. The highest BCUT2D eigenvalue weighted by molar-refractivity contribution is 7.13. The van der Waals surface area contributed by atoms with Gasteiger partial charge in [0.15, 0.2) is 0 Å². The topological polar surface area (TPSA) is 70.5 Å². The van der Waals surface area contributed by atoms with Gasteiger partial charge >= 0.3 is 5.97 Å². The first kappa shape index (κ1) is 13.0. The van der Waals surface area contributed by atoms with E-state index in [0.29, 0.717) is 25.4 Å². The summed E-state index contributed by atoms with van der Waals surface area (Å²) in [7, 11) is 0. The lowest BCUT2D eigenvalue weighted by Crippen LogP contribution is -2.34. The number of carboxylic acid groups (broad SMARTS) is 1. The average Bonchev–Trinajstić information content (AvgIpc) is 2.93. The lowest BCUT2D eigenvalue weighted by molar-refractivity contribution is -0.128. The summed E-state index contributed by atoms with van der Waals surface area (Å²) in [5.41, 5.74) is 0. The smallest absolute Gasteiger partial charge is 0.347 e. The summed E-state index contributed by atoms with van der Waals surface area (Å²) in [6.45, 7) is 2.73. The Kier molecular flexibility index (Phi) is 3.96. The highest BCUT2D eigenvalue weighted by atomic mass is 32.1. The highest BCUT2D eigenvalue weighted by Crippen LogP contribution is 2.22. The predicted octanol–water partition coefficient (Wildman–Crippen LogP) is 1.78. The first-order valence-electron chi connectivity index (χ1n) is 6.09. The van der Waals surface area contributed by atoms with E-state index in [4.69, 9.17) is 5.11 Å². The number of hydrogen-bond donors (Lipinski definition) is 1. The van der Waals surface area contributed by atoms with Crippen LogP contribution in [0.4, 0.5) is 0 Å². The zero-order valence-electron chi connectivity index (χ0n) is 10.3. The van der Waals surface area contributed by atoms with Crippen molar-refractivity contribution >= 4 is 23.2 Å². The van der Waals surface area contributed by atoms with Gasteiger partial charge in [-0.1, -0.05) is 6.92 Å². The van der Waals surface area contributed by atoms with E-state index < -0.39 is 5.97 Å². The molecule has 1 amide bonds. The van der Waals surface area contributed by atoms with Crippen LogP contribution in [-0.4, -0.2) is 39.5 Å². The minimum absolute atomic E-state index is 0.205. The molecule has 1 aliphatic rings. The molecule has 2 heterocycles. The molecule has 0 spiro atoms. The number of amides is 1. The van der Waals surface area contributed by atoms with Gasteiger partial charge in [-0.15, -0.1) is 11.3 Å². The Morgan fingerprint density at radius 3 is 3.06 bits per heavy atom. The Morgan fingerprint density at radius 1 is 1.67 bits per heavy atom. The molecule has 1 atom stereocenters. The van der Waals surface area contributed by atoms with Gasteiger partial charge in [0.2, 0.25) is 5.91 Å². The van der Waals surface area contributed by atoms with Crippen molar-refractivity contribution in [2.45, 2.75) is 38.6 Å². The quantitative estimate of drug-likeness (QED) is 0.883. The molecule has 0 aromatic carbocycles. The maximum Gasteiger partial charge on any atom is 0.347 e. The molecule has 0 saturated carbocycles. The maximum absolute atomic E-state index is 11.7. The molecule has 1 aromatic rings. The van der Waals surface area contributed by atoms with Crippen LogP contribution in [0.1, 0.15) is 40.9 Å². The molecule has 1 N–H and O–H groups in total. The number of hydrogen-bond acceptors (Lipinski definition) is 4. The van der Waals surface area contributed by atoms with Gasteiger partial charge in [-0.3, -0.25) is 4.79 Å². The van der Waals surface area contributed by atoms with Gasteiger partial charge in [0, 0.05) is 25.4 Å². The highest BCUT2D eigenvalue weighted by Gasteiger charge is 2.29. The fourth-order valence-corrected chi connectivity index (χ4v) is 3.01. The largest absolute Gasteiger partial charge is 0.477 e. The summed E-state index contributed by atoms with van der Waals surface area (Å²) in [5.74, 6) is -0.737. The van der Waals surface area contributed by atoms with Crippen LogP contribution in [0.25, 0.3) is 0 Å². The number of aromatic carboxylic acids is 1. The van der Waals surface area contributed by atoms with Crippen LogP contribution in [0.2, 0.25) is 0 Å².